The van der Waals surface area contributed by atoms with Crippen LogP contribution < -0.4 is 0 Å². The van der Waals surface area contributed by atoms with Gasteiger partial charge in [0.1, 0.15) is 0 Å². The standard InChI is InChI=1S/C26H38/c1-3-5-19-7-9-23-17-25(13-11-21(23)15-19)26-14-12-22-16-20(6-4-2)8-10-24(22)18-26/h3,5,8,10,16,19,21,23,25-26H,4,6-7,9,11-15,17-18H2,1-2H3. The Bertz CT molecular complexity index is 625. The third-order valence-corrected chi connectivity index (χ3v) is 7.90. The van der Waals surface area contributed by atoms with Crippen molar-refractivity contribution in [3.8, 4) is 0 Å². The Labute approximate surface area is 161 Å². The number of benzene rings is 1. The number of allylic oxidation sites excluding steroid dienone is 2. The van der Waals surface area contributed by atoms with Crippen molar-refractivity contribution >= 4 is 0 Å². The summed E-state index contributed by atoms with van der Waals surface area (Å²) in [5, 5.41) is 0. The van der Waals surface area contributed by atoms with Crippen molar-refractivity contribution in [1.82, 2.24) is 0 Å². The van der Waals surface area contributed by atoms with Crippen LogP contribution in [-0.4, -0.2) is 0 Å². The van der Waals surface area contributed by atoms with Crippen LogP contribution in [0.4, 0.5) is 0 Å². The summed E-state index contributed by atoms with van der Waals surface area (Å²) in [6, 6.07) is 7.40. The van der Waals surface area contributed by atoms with E-state index in [1.807, 2.05) is 0 Å². The molecule has 0 aromatic heterocycles. The molecule has 2 fully saturated rings. The van der Waals surface area contributed by atoms with Crippen LogP contribution in [0.1, 0.15) is 81.9 Å². The second-order valence-electron chi connectivity index (χ2n) is 9.55. The summed E-state index contributed by atoms with van der Waals surface area (Å²) in [5.41, 5.74) is 4.91. The summed E-state index contributed by atoms with van der Waals surface area (Å²) < 4.78 is 0. The summed E-state index contributed by atoms with van der Waals surface area (Å²) in [6.07, 6.45) is 20.4. The normalized spacial score (nSPS) is 34.5. The molecule has 2 saturated carbocycles. The predicted molar refractivity (Wildman–Crippen MR) is 112 cm³/mol. The Balaban J connectivity index is 1.36. The first-order chi connectivity index (χ1) is 12.8. The Morgan fingerprint density at radius 1 is 0.885 bits per heavy atom. The van der Waals surface area contributed by atoms with Crippen LogP contribution in [0.2, 0.25) is 0 Å². The second-order valence-corrected chi connectivity index (χ2v) is 9.55. The lowest BCUT2D eigenvalue weighted by molar-refractivity contribution is 0.0810. The zero-order valence-electron chi connectivity index (χ0n) is 17.1. The summed E-state index contributed by atoms with van der Waals surface area (Å²) in [6.45, 7) is 4.48. The number of hydrogen-bond acceptors (Lipinski definition) is 0. The molecule has 4 rings (SSSR count). The lowest BCUT2D eigenvalue weighted by atomic mass is 9.61. The highest BCUT2D eigenvalue weighted by atomic mass is 14.4. The molecule has 0 heteroatoms. The van der Waals surface area contributed by atoms with Crippen LogP contribution in [-0.2, 0) is 19.3 Å². The zero-order chi connectivity index (χ0) is 17.9. The zero-order valence-corrected chi connectivity index (χ0v) is 17.1. The van der Waals surface area contributed by atoms with Gasteiger partial charge >= 0.3 is 0 Å². The van der Waals surface area contributed by atoms with Gasteiger partial charge in [-0.2, -0.15) is 0 Å². The van der Waals surface area contributed by atoms with Crippen molar-refractivity contribution in [3.63, 3.8) is 0 Å². The van der Waals surface area contributed by atoms with E-state index in [2.05, 4.69) is 44.2 Å². The SMILES string of the molecule is CC=CC1CCC2CC(C3CCc4cc(CCC)ccc4C3)CCC2C1. The molecule has 142 valence electrons. The Morgan fingerprint density at radius 2 is 1.65 bits per heavy atom. The fourth-order valence-corrected chi connectivity index (χ4v) is 6.52. The van der Waals surface area contributed by atoms with E-state index < -0.39 is 0 Å². The third-order valence-electron chi connectivity index (χ3n) is 7.90. The summed E-state index contributed by atoms with van der Waals surface area (Å²) >= 11 is 0. The molecule has 0 bridgehead atoms. The first-order valence-corrected chi connectivity index (χ1v) is 11.5. The molecular formula is C26H38. The Hall–Kier alpha value is -1.04. The number of fused-ring (bicyclic) bond motifs is 2. The molecule has 0 radical (unpaired) electrons. The number of rotatable bonds is 4. The molecule has 0 aliphatic heterocycles. The maximum absolute atomic E-state index is 2.52. The summed E-state index contributed by atoms with van der Waals surface area (Å²) in [7, 11) is 0. The van der Waals surface area contributed by atoms with E-state index in [0.29, 0.717) is 0 Å². The van der Waals surface area contributed by atoms with E-state index in [0.717, 1.165) is 29.6 Å². The van der Waals surface area contributed by atoms with Crippen molar-refractivity contribution in [3.05, 3.63) is 47.0 Å². The fourth-order valence-electron chi connectivity index (χ4n) is 6.52. The average molecular weight is 351 g/mol. The van der Waals surface area contributed by atoms with Crippen LogP contribution in [0.15, 0.2) is 30.4 Å². The molecule has 0 nitrogen and oxygen atoms in total. The highest BCUT2D eigenvalue weighted by Crippen LogP contribution is 2.48. The molecule has 0 amide bonds. The number of hydrogen-bond donors (Lipinski definition) is 0. The van der Waals surface area contributed by atoms with Crippen molar-refractivity contribution in [2.24, 2.45) is 29.6 Å². The first-order valence-electron chi connectivity index (χ1n) is 11.5. The van der Waals surface area contributed by atoms with Crippen LogP contribution >= 0.6 is 0 Å². The molecule has 0 N–H and O–H groups in total. The quantitative estimate of drug-likeness (QED) is 0.506. The Kier molecular flexibility index (Phi) is 5.87. The van der Waals surface area contributed by atoms with Crippen LogP contribution in [0.3, 0.4) is 0 Å². The minimum Gasteiger partial charge on any atom is -0.0914 e. The van der Waals surface area contributed by atoms with Gasteiger partial charge < -0.3 is 0 Å². The van der Waals surface area contributed by atoms with Gasteiger partial charge in [0, 0.05) is 0 Å². The molecule has 3 aliphatic carbocycles. The van der Waals surface area contributed by atoms with Crippen molar-refractivity contribution < 1.29 is 0 Å². The van der Waals surface area contributed by atoms with E-state index in [4.69, 9.17) is 0 Å². The minimum atomic E-state index is 0.886. The molecule has 26 heavy (non-hydrogen) atoms. The lowest BCUT2D eigenvalue weighted by Gasteiger charge is -2.44. The van der Waals surface area contributed by atoms with Gasteiger partial charge in [-0.1, -0.05) is 43.7 Å². The van der Waals surface area contributed by atoms with Gasteiger partial charge in [0.25, 0.3) is 0 Å². The van der Waals surface area contributed by atoms with E-state index in [-0.39, 0.29) is 0 Å². The van der Waals surface area contributed by atoms with Gasteiger partial charge in [-0.3, -0.25) is 0 Å². The number of aryl methyl sites for hydroxylation is 2. The molecule has 5 unspecified atom stereocenters. The second kappa shape index (κ2) is 8.32. The van der Waals surface area contributed by atoms with Crippen LogP contribution in [0.25, 0.3) is 0 Å². The van der Waals surface area contributed by atoms with Crippen LogP contribution in [0, 0.1) is 29.6 Å². The van der Waals surface area contributed by atoms with E-state index in [1.54, 1.807) is 23.1 Å². The van der Waals surface area contributed by atoms with Crippen molar-refractivity contribution in [2.45, 2.75) is 84.5 Å². The maximum atomic E-state index is 2.52. The molecule has 0 spiro atoms. The van der Waals surface area contributed by atoms with Crippen LogP contribution in [0.5, 0.6) is 0 Å². The van der Waals surface area contributed by atoms with Crippen molar-refractivity contribution in [2.75, 3.05) is 0 Å². The highest BCUT2D eigenvalue weighted by Gasteiger charge is 2.38. The minimum absolute atomic E-state index is 0.886. The molecule has 0 heterocycles. The largest absolute Gasteiger partial charge is 0.0914 e. The van der Waals surface area contributed by atoms with E-state index >= 15 is 0 Å². The van der Waals surface area contributed by atoms with Gasteiger partial charge in [-0.05, 0) is 117 Å². The van der Waals surface area contributed by atoms with Gasteiger partial charge in [0.15, 0.2) is 0 Å². The van der Waals surface area contributed by atoms with Gasteiger partial charge in [-0.25, -0.2) is 0 Å². The molecular weight excluding hydrogens is 312 g/mol. The third kappa shape index (κ3) is 3.95. The summed E-state index contributed by atoms with van der Waals surface area (Å²) in [5.74, 6) is 4.95. The maximum Gasteiger partial charge on any atom is -0.0231 e. The lowest BCUT2D eigenvalue weighted by Crippen LogP contribution is -2.34. The highest BCUT2D eigenvalue weighted by molar-refractivity contribution is 5.34. The van der Waals surface area contributed by atoms with E-state index in [1.165, 1.54) is 64.2 Å². The smallest absolute Gasteiger partial charge is 0.0231 e. The van der Waals surface area contributed by atoms with E-state index in [9.17, 15) is 0 Å². The topological polar surface area (TPSA) is 0 Å². The van der Waals surface area contributed by atoms with Gasteiger partial charge in [-0.15, -0.1) is 0 Å². The molecule has 3 aliphatic rings. The van der Waals surface area contributed by atoms with Crippen molar-refractivity contribution in [1.29, 1.82) is 0 Å². The fraction of sp³-hybridized carbons (Fsp3) is 0.692. The monoisotopic (exact) mass is 350 g/mol. The molecule has 5 atom stereocenters. The molecule has 0 saturated heterocycles. The van der Waals surface area contributed by atoms with Gasteiger partial charge in [0.05, 0.1) is 0 Å². The first kappa shape index (κ1) is 18.3. The summed E-state index contributed by atoms with van der Waals surface area (Å²) in [4.78, 5) is 0. The molecule has 1 aromatic rings. The predicted octanol–water partition coefficient (Wildman–Crippen LogP) is 7.15. The average Bonchev–Trinajstić information content (AvgIpc) is 2.68. The molecule has 1 aromatic carbocycles. The van der Waals surface area contributed by atoms with Gasteiger partial charge in [0.2, 0.25) is 0 Å². The Morgan fingerprint density at radius 3 is 2.46 bits per heavy atom.